The molecule has 0 aliphatic rings. The van der Waals surface area contributed by atoms with Gasteiger partial charge >= 0.3 is 5.97 Å². The molecule has 1 aromatic heterocycles. The summed E-state index contributed by atoms with van der Waals surface area (Å²) >= 11 is 0. The molecule has 2 N–H and O–H groups in total. The minimum atomic E-state index is -0.893. The lowest BCUT2D eigenvalue weighted by atomic mass is 10.2. The molecule has 1 rings (SSSR count). The van der Waals surface area contributed by atoms with Crippen LogP contribution in [0.25, 0.3) is 0 Å². The Labute approximate surface area is 105 Å². The highest BCUT2D eigenvalue weighted by atomic mass is 16.5. The lowest BCUT2D eigenvalue weighted by Gasteiger charge is -2.01. The van der Waals surface area contributed by atoms with Crippen molar-refractivity contribution in [1.29, 1.82) is 0 Å². The Bertz CT molecular complexity index is 403. The Kier molecular flexibility index (Phi) is 5.86. The maximum absolute atomic E-state index is 11.5. The summed E-state index contributed by atoms with van der Waals surface area (Å²) in [6, 6.07) is 0. The van der Waals surface area contributed by atoms with E-state index in [1.807, 2.05) is 0 Å². The summed E-state index contributed by atoms with van der Waals surface area (Å²) in [4.78, 5) is 21.7. The Morgan fingerprint density at radius 2 is 2.28 bits per heavy atom. The average molecular weight is 255 g/mol. The fraction of sp³-hybridized carbons (Fsp3) is 0.545. The fourth-order valence-electron chi connectivity index (χ4n) is 1.36. The SMILES string of the molecule is COCCn1cc(NC(=O)CCCC(=O)O)cn1. The maximum atomic E-state index is 11.5. The van der Waals surface area contributed by atoms with E-state index in [-0.39, 0.29) is 18.7 Å². The standard InChI is InChI=1S/C11H17N3O4/c1-18-6-5-14-8-9(7-12-14)13-10(15)3-2-4-11(16)17/h7-8H,2-6H2,1H3,(H,13,15)(H,16,17). The fourth-order valence-corrected chi connectivity index (χ4v) is 1.36. The summed E-state index contributed by atoms with van der Waals surface area (Å²) in [5.41, 5.74) is 0.603. The summed E-state index contributed by atoms with van der Waals surface area (Å²) < 4.78 is 6.57. The highest BCUT2D eigenvalue weighted by Crippen LogP contribution is 2.06. The van der Waals surface area contributed by atoms with Gasteiger partial charge in [-0.25, -0.2) is 0 Å². The van der Waals surface area contributed by atoms with Crippen molar-refractivity contribution < 1.29 is 19.4 Å². The Morgan fingerprint density at radius 3 is 2.94 bits per heavy atom. The minimum Gasteiger partial charge on any atom is -0.481 e. The second-order valence-electron chi connectivity index (χ2n) is 3.78. The van der Waals surface area contributed by atoms with Crippen LogP contribution in [0.5, 0.6) is 0 Å². The number of nitrogens with one attached hydrogen (secondary N) is 1. The van der Waals surface area contributed by atoms with Gasteiger partial charge in [0.2, 0.25) is 5.91 Å². The zero-order valence-corrected chi connectivity index (χ0v) is 10.3. The van der Waals surface area contributed by atoms with Crippen LogP contribution in [0.1, 0.15) is 19.3 Å². The molecule has 18 heavy (non-hydrogen) atoms. The maximum Gasteiger partial charge on any atom is 0.303 e. The van der Waals surface area contributed by atoms with E-state index in [4.69, 9.17) is 9.84 Å². The van der Waals surface area contributed by atoms with Crippen LogP contribution in [-0.4, -0.2) is 40.5 Å². The molecule has 0 saturated carbocycles. The molecule has 0 aliphatic carbocycles. The second-order valence-corrected chi connectivity index (χ2v) is 3.78. The molecule has 0 aromatic carbocycles. The third kappa shape index (κ3) is 5.44. The number of rotatable bonds is 8. The molecule has 0 atom stereocenters. The summed E-state index contributed by atoms with van der Waals surface area (Å²) in [5.74, 6) is -1.10. The largest absolute Gasteiger partial charge is 0.481 e. The van der Waals surface area contributed by atoms with E-state index in [1.165, 1.54) is 0 Å². The molecule has 7 nitrogen and oxygen atoms in total. The number of carboxylic acid groups (broad SMARTS) is 1. The van der Waals surface area contributed by atoms with E-state index in [2.05, 4.69) is 10.4 Å². The van der Waals surface area contributed by atoms with E-state index < -0.39 is 5.97 Å². The summed E-state index contributed by atoms with van der Waals surface area (Å²) in [7, 11) is 1.61. The molecular weight excluding hydrogens is 238 g/mol. The van der Waals surface area contributed by atoms with E-state index >= 15 is 0 Å². The van der Waals surface area contributed by atoms with Gasteiger partial charge in [-0.15, -0.1) is 0 Å². The van der Waals surface area contributed by atoms with E-state index in [0.717, 1.165) is 0 Å². The molecule has 0 spiro atoms. The molecule has 0 radical (unpaired) electrons. The van der Waals surface area contributed by atoms with Gasteiger partial charge in [-0.1, -0.05) is 0 Å². The quantitative estimate of drug-likeness (QED) is 0.714. The van der Waals surface area contributed by atoms with Gasteiger partial charge in [-0.2, -0.15) is 5.10 Å². The first kappa shape index (κ1) is 14.2. The number of hydrogen-bond donors (Lipinski definition) is 2. The zero-order valence-electron chi connectivity index (χ0n) is 10.3. The van der Waals surface area contributed by atoms with Gasteiger partial charge in [0.15, 0.2) is 0 Å². The number of carbonyl (C=O) groups is 2. The molecule has 0 bridgehead atoms. The highest BCUT2D eigenvalue weighted by molar-refractivity contribution is 5.90. The van der Waals surface area contributed by atoms with Gasteiger partial charge < -0.3 is 15.2 Å². The molecule has 100 valence electrons. The Balaban J connectivity index is 2.30. The lowest BCUT2D eigenvalue weighted by molar-refractivity contribution is -0.137. The van der Waals surface area contributed by atoms with Gasteiger partial charge in [0.1, 0.15) is 0 Å². The van der Waals surface area contributed by atoms with E-state index in [1.54, 1.807) is 24.2 Å². The molecule has 7 heteroatoms. The van der Waals surface area contributed by atoms with Gasteiger partial charge in [0, 0.05) is 26.1 Å². The van der Waals surface area contributed by atoms with Crippen LogP contribution >= 0.6 is 0 Å². The van der Waals surface area contributed by atoms with Crippen molar-refractivity contribution in [1.82, 2.24) is 9.78 Å². The topological polar surface area (TPSA) is 93.5 Å². The van der Waals surface area contributed by atoms with Crippen LogP contribution in [0, 0.1) is 0 Å². The smallest absolute Gasteiger partial charge is 0.303 e. The first-order valence-corrected chi connectivity index (χ1v) is 5.65. The summed E-state index contributed by atoms with van der Waals surface area (Å²) in [6.45, 7) is 1.17. The van der Waals surface area contributed by atoms with Crippen LogP contribution in [0.2, 0.25) is 0 Å². The highest BCUT2D eigenvalue weighted by Gasteiger charge is 2.06. The monoisotopic (exact) mass is 255 g/mol. The molecule has 0 fully saturated rings. The molecule has 0 unspecified atom stereocenters. The predicted molar refractivity (Wildman–Crippen MR) is 64.2 cm³/mol. The van der Waals surface area contributed by atoms with Crippen LogP contribution in [0.3, 0.4) is 0 Å². The van der Waals surface area contributed by atoms with Crippen molar-refractivity contribution in [2.45, 2.75) is 25.8 Å². The second kappa shape index (κ2) is 7.44. The predicted octanol–water partition coefficient (Wildman–Crippen LogP) is 0.723. The normalized spacial score (nSPS) is 10.3. The van der Waals surface area contributed by atoms with Gasteiger partial charge in [0.25, 0.3) is 0 Å². The summed E-state index contributed by atoms with van der Waals surface area (Å²) in [5, 5.41) is 15.1. The number of anilines is 1. The Morgan fingerprint density at radius 1 is 1.50 bits per heavy atom. The van der Waals surface area contributed by atoms with Crippen LogP contribution < -0.4 is 5.32 Å². The number of ether oxygens (including phenoxy) is 1. The van der Waals surface area contributed by atoms with Crippen LogP contribution in [0.15, 0.2) is 12.4 Å². The van der Waals surface area contributed by atoms with Crippen molar-refractivity contribution >= 4 is 17.6 Å². The Hall–Kier alpha value is -1.89. The average Bonchev–Trinajstić information content (AvgIpc) is 2.73. The molecule has 1 aromatic rings. The lowest BCUT2D eigenvalue weighted by Crippen LogP contribution is -2.11. The van der Waals surface area contributed by atoms with Crippen LogP contribution in [0.4, 0.5) is 5.69 Å². The van der Waals surface area contributed by atoms with Crippen molar-refractivity contribution in [2.24, 2.45) is 0 Å². The number of aliphatic carboxylic acids is 1. The van der Waals surface area contributed by atoms with Crippen molar-refractivity contribution in [2.75, 3.05) is 19.0 Å². The van der Waals surface area contributed by atoms with Crippen LogP contribution in [-0.2, 0) is 20.9 Å². The number of carboxylic acids is 1. The first-order chi connectivity index (χ1) is 8.61. The van der Waals surface area contributed by atoms with Gasteiger partial charge in [-0.3, -0.25) is 14.3 Å². The number of nitrogens with zero attached hydrogens (tertiary/aromatic N) is 2. The molecule has 0 aliphatic heterocycles. The number of carbonyl (C=O) groups excluding carboxylic acids is 1. The van der Waals surface area contributed by atoms with Gasteiger partial charge in [-0.05, 0) is 6.42 Å². The first-order valence-electron chi connectivity index (χ1n) is 5.65. The third-order valence-electron chi connectivity index (χ3n) is 2.24. The van der Waals surface area contributed by atoms with Crippen molar-refractivity contribution in [3.63, 3.8) is 0 Å². The van der Waals surface area contributed by atoms with Crippen molar-refractivity contribution in [3.05, 3.63) is 12.4 Å². The van der Waals surface area contributed by atoms with Gasteiger partial charge in [0.05, 0.1) is 25.0 Å². The zero-order chi connectivity index (χ0) is 13.4. The number of aromatic nitrogens is 2. The number of hydrogen-bond acceptors (Lipinski definition) is 4. The van der Waals surface area contributed by atoms with E-state index in [9.17, 15) is 9.59 Å². The minimum absolute atomic E-state index is 0.000517. The van der Waals surface area contributed by atoms with Crippen molar-refractivity contribution in [3.8, 4) is 0 Å². The number of amides is 1. The molecular formula is C11H17N3O4. The molecule has 1 heterocycles. The third-order valence-corrected chi connectivity index (χ3v) is 2.24. The summed E-state index contributed by atoms with van der Waals surface area (Å²) in [6.07, 6.45) is 3.77. The molecule has 1 amide bonds. The number of methoxy groups -OCH3 is 1. The van der Waals surface area contributed by atoms with E-state index in [0.29, 0.717) is 25.3 Å². The molecule has 0 saturated heterocycles.